The Morgan fingerprint density at radius 2 is 1.88 bits per heavy atom. The lowest BCUT2D eigenvalue weighted by Gasteiger charge is -2.40. The molecule has 0 bridgehead atoms. The molecule has 0 aromatic carbocycles. The first kappa shape index (κ1) is 13.3. The van der Waals surface area contributed by atoms with Crippen LogP contribution in [0.15, 0.2) is 0 Å². The van der Waals surface area contributed by atoms with E-state index in [-0.39, 0.29) is 11.3 Å². The standard InChI is InChI=1S/C12H24N2O2S/c1-10-11(2)17(15,16)8-7-14(10)9-12-3-5-13-6-4-12/h10-13H,3-9H2,1-2H3. The molecule has 0 radical (unpaired) electrons. The number of nitrogens with zero attached hydrogens (tertiary/aromatic N) is 1. The summed E-state index contributed by atoms with van der Waals surface area (Å²) in [6.45, 7) is 7.93. The van der Waals surface area contributed by atoms with Gasteiger partial charge in [-0.15, -0.1) is 0 Å². The monoisotopic (exact) mass is 260 g/mol. The summed E-state index contributed by atoms with van der Waals surface area (Å²) < 4.78 is 23.6. The molecule has 2 aliphatic heterocycles. The fourth-order valence-electron chi connectivity index (χ4n) is 2.88. The molecule has 0 amide bonds. The molecule has 2 atom stereocenters. The van der Waals surface area contributed by atoms with Crippen molar-refractivity contribution in [1.29, 1.82) is 0 Å². The van der Waals surface area contributed by atoms with Crippen LogP contribution in [0.4, 0.5) is 0 Å². The molecule has 0 aromatic rings. The van der Waals surface area contributed by atoms with Crippen LogP contribution < -0.4 is 5.32 Å². The van der Waals surface area contributed by atoms with Crippen LogP contribution in [0.2, 0.25) is 0 Å². The first-order chi connectivity index (χ1) is 8.00. The quantitative estimate of drug-likeness (QED) is 0.785. The molecule has 2 unspecified atom stereocenters. The molecule has 4 nitrogen and oxygen atoms in total. The smallest absolute Gasteiger partial charge is 0.155 e. The second kappa shape index (κ2) is 5.24. The van der Waals surface area contributed by atoms with Crippen LogP contribution >= 0.6 is 0 Å². The third-order valence-electron chi connectivity index (χ3n) is 4.44. The van der Waals surface area contributed by atoms with Gasteiger partial charge in [0.25, 0.3) is 0 Å². The number of hydrogen-bond acceptors (Lipinski definition) is 4. The first-order valence-corrected chi connectivity index (χ1v) is 8.38. The molecule has 0 spiro atoms. The topological polar surface area (TPSA) is 49.4 Å². The fraction of sp³-hybridized carbons (Fsp3) is 1.00. The lowest BCUT2D eigenvalue weighted by molar-refractivity contribution is 0.159. The van der Waals surface area contributed by atoms with Crippen LogP contribution in [-0.4, -0.2) is 56.5 Å². The Hall–Kier alpha value is -0.130. The highest BCUT2D eigenvalue weighted by Gasteiger charge is 2.36. The molecule has 2 saturated heterocycles. The van der Waals surface area contributed by atoms with E-state index in [1.807, 2.05) is 6.92 Å². The second-order valence-corrected chi connectivity index (χ2v) is 7.98. The molecule has 0 saturated carbocycles. The molecule has 17 heavy (non-hydrogen) atoms. The maximum atomic E-state index is 11.8. The van der Waals surface area contributed by atoms with Crippen molar-refractivity contribution < 1.29 is 8.42 Å². The minimum absolute atomic E-state index is 0.170. The Labute approximate surface area is 105 Å². The summed E-state index contributed by atoms with van der Waals surface area (Å²) in [4.78, 5) is 2.38. The third kappa shape index (κ3) is 3.01. The van der Waals surface area contributed by atoms with Gasteiger partial charge >= 0.3 is 0 Å². The van der Waals surface area contributed by atoms with Crippen LogP contribution in [0.5, 0.6) is 0 Å². The van der Waals surface area contributed by atoms with E-state index in [1.165, 1.54) is 12.8 Å². The number of nitrogens with one attached hydrogen (secondary N) is 1. The Morgan fingerprint density at radius 3 is 2.53 bits per heavy atom. The summed E-state index contributed by atoms with van der Waals surface area (Å²) in [5, 5.41) is 3.16. The van der Waals surface area contributed by atoms with Gasteiger partial charge in [0, 0.05) is 19.1 Å². The van der Waals surface area contributed by atoms with Gasteiger partial charge < -0.3 is 5.32 Å². The number of piperidine rings is 1. The van der Waals surface area contributed by atoms with E-state index < -0.39 is 9.84 Å². The molecular formula is C12H24N2O2S. The van der Waals surface area contributed by atoms with Gasteiger partial charge in [-0.25, -0.2) is 8.42 Å². The molecule has 2 aliphatic rings. The average Bonchev–Trinajstić information content (AvgIpc) is 2.32. The molecule has 100 valence electrons. The molecule has 2 fully saturated rings. The van der Waals surface area contributed by atoms with Crippen molar-refractivity contribution in [2.45, 2.75) is 38.0 Å². The first-order valence-electron chi connectivity index (χ1n) is 6.67. The Bertz CT molecular complexity index is 350. The summed E-state index contributed by atoms with van der Waals surface area (Å²) in [6, 6.07) is 0.170. The number of sulfone groups is 1. The van der Waals surface area contributed by atoms with Gasteiger partial charge in [0.05, 0.1) is 11.0 Å². The van der Waals surface area contributed by atoms with E-state index in [4.69, 9.17) is 0 Å². The highest BCUT2D eigenvalue weighted by Crippen LogP contribution is 2.22. The third-order valence-corrected chi connectivity index (χ3v) is 6.71. The van der Waals surface area contributed by atoms with Crippen LogP contribution in [0, 0.1) is 5.92 Å². The van der Waals surface area contributed by atoms with E-state index >= 15 is 0 Å². The number of rotatable bonds is 2. The number of hydrogen-bond donors (Lipinski definition) is 1. The van der Waals surface area contributed by atoms with Gasteiger partial charge in [-0.1, -0.05) is 0 Å². The lowest BCUT2D eigenvalue weighted by atomic mass is 9.96. The van der Waals surface area contributed by atoms with Gasteiger partial charge in [-0.2, -0.15) is 0 Å². The van der Waals surface area contributed by atoms with E-state index in [9.17, 15) is 8.42 Å². The average molecular weight is 260 g/mol. The molecule has 2 rings (SSSR count). The highest BCUT2D eigenvalue weighted by molar-refractivity contribution is 7.92. The Morgan fingerprint density at radius 1 is 1.24 bits per heavy atom. The van der Waals surface area contributed by atoms with Gasteiger partial charge in [0.2, 0.25) is 0 Å². The second-order valence-electron chi connectivity index (χ2n) is 5.50. The van der Waals surface area contributed by atoms with Crippen LogP contribution in [-0.2, 0) is 9.84 Å². The maximum Gasteiger partial charge on any atom is 0.155 e. The minimum atomic E-state index is -2.84. The van der Waals surface area contributed by atoms with E-state index in [0.29, 0.717) is 5.75 Å². The Kier molecular flexibility index (Phi) is 4.10. The van der Waals surface area contributed by atoms with Crippen molar-refractivity contribution in [1.82, 2.24) is 10.2 Å². The van der Waals surface area contributed by atoms with E-state index in [2.05, 4.69) is 17.1 Å². The highest BCUT2D eigenvalue weighted by atomic mass is 32.2. The van der Waals surface area contributed by atoms with Gasteiger partial charge in [-0.3, -0.25) is 4.90 Å². The molecule has 2 heterocycles. The molecule has 0 aromatic heterocycles. The minimum Gasteiger partial charge on any atom is -0.317 e. The predicted octanol–water partition coefficient (Wildman–Crippen LogP) is 0.493. The van der Waals surface area contributed by atoms with Crippen molar-refractivity contribution in [2.24, 2.45) is 5.92 Å². The SMILES string of the molecule is CC1C(C)S(=O)(=O)CCN1CC1CCNCC1. The summed E-state index contributed by atoms with van der Waals surface area (Å²) in [5.74, 6) is 1.08. The van der Waals surface area contributed by atoms with Crippen LogP contribution in [0.1, 0.15) is 26.7 Å². The van der Waals surface area contributed by atoms with Crippen molar-refractivity contribution in [3.63, 3.8) is 0 Å². The summed E-state index contributed by atoms with van der Waals surface area (Å²) in [6.07, 6.45) is 2.45. The zero-order chi connectivity index (χ0) is 12.5. The van der Waals surface area contributed by atoms with Crippen molar-refractivity contribution >= 4 is 9.84 Å². The molecule has 1 N–H and O–H groups in total. The zero-order valence-electron chi connectivity index (χ0n) is 10.9. The van der Waals surface area contributed by atoms with E-state index in [1.54, 1.807) is 0 Å². The molecule has 0 aliphatic carbocycles. The van der Waals surface area contributed by atoms with E-state index in [0.717, 1.165) is 32.1 Å². The maximum absolute atomic E-state index is 11.8. The predicted molar refractivity (Wildman–Crippen MR) is 69.9 cm³/mol. The van der Waals surface area contributed by atoms with Gasteiger partial charge in [0.15, 0.2) is 9.84 Å². The van der Waals surface area contributed by atoms with Gasteiger partial charge in [-0.05, 0) is 45.7 Å². The lowest BCUT2D eigenvalue weighted by Crippen LogP contribution is -2.53. The summed E-state index contributed by atoms with van der Waals surface area (Å²) >= 11 is 0. The molecule has 5 heteroatoms. The van der Waals surface area contributed by atoms with Crippen LogP contribution in [0.25, 0.3) is 0 Å². The molecular weight excluding hydrogens is 236 g/mol. The zero-order valence-corrected chi connectivity index (χ0v) is 11.7. The van der Waals surface area contributed by atoms with Crippen molar-refractivity contribution in [2.75, 3.05) is 31.9 Å². The normalized spacial score (nSPS) is 35.9. The summed E-state index contributed by atoms with van der Waals surface area (Å²) in [7, 11) is -2.84. The van der Waals surface area contributed by atoms with Crippen molar-refractivity contribution in [3.8, 4) is 0 Å². The largest absolute Gasteiger partial charge is 0.317 e. The van der Waals surface area contributed by atoms with Gasteiger partial charge in [0.1, 0.15) is 0 Å². The Balaban J connectivity index is 1.93. The summed E-state index contributed by atoms with van der Waals surface area (Å²) in [5.41, 5.74) is 0. The fourth-order valence-corrected chi connectivity index (χ4v) is 4.52. The van der Waals surface area contributed by atoms with Crippen molar-refractivity contribution in [3.05, 3.63) is 0 Å². The van der Waals surface area contributed by atoms with Crippen LogP contribution in [0.3, 0.4) is 0 Å².